The fourth-order valence-corrected chi connectivity index (χ4v) is 2.04. The summed E-state index contributed by atoms with van der Waals surface area (Å²) < 4.78 is 5.55. The van der Waals surface area contributed by atoms with Crippen LogP contribution in [-0.4, -0.2) is 55.1 Å². The van der Waals surface area contributed by atoms with Gasteiger partial charge in [-0.3, -0.25) is 9.59 Å². The summed E-state index contributed by atoms with van der Waals surface area (Å²) in [4.78, 5) is 25.2. The van der Waals surface area contributed by atoms with Crippen LogP contribution in [0.1, 0.15) is 26.7 Å². The fourth-order valence-electron chi connectivity index (χ4n) is 2.04. The lowest BCUT2D eigenvalue weighted by Crippen LogP contribution is -2.45. The molecule has 0 aromatic rings. The highest BCUT2D eigenvalue weighted by Gasteiger charge is 2.32. The van der Waals surface area contributed by atoms with Gasteiger partial charge in [-0.1, -0.05) is 0 Å². The summed E-state index contributed by atoms with van der Waals surface area (Å²) in [5, 5.41) is 2.68. The van der Waals surface area contributed by atoms with Gasteiger partial charge in [0.2, 0.25) is 5.91 Å². The largest absolute Gasteiger partial charge is 0.364 e. The zero-order valence-electron chi connectivity index (χ0n) is 11.1. The minimum Gasteiger partial charge on any atom is -0.364 e. The van der Waals surface area contributed by atoms with E-state index in [1.54, 1.807) is 0 Å². The third-order valence-corrected chi connectivity index (χ3v) is 3.05. The molecule has 1 aliphatic heterocycles. The minimum absolute atomic E-state index is 0.0258. The van der Waals surface area contributed by atoms with Gasteiger partial charge in [0, 0.05) is 19.6 Å². The van der Waals surface area contributed by atoms with Crippen molar-refractivity contribution < 1.29 is 14.3 Å². The summed E-state index contributed by atoms with van der Waals surface area (Å²) >= 11 is 0. The number of hydrogen-bond donors (Lipinski definition) is 2. The van der Waals surface area contributed by atoms with Crippen molar-refractivity contribution in [3.05, 3.63) is 0 Å². The molecule has 1 fully saturated rings. The molecule has 2 atom stereocenters. The summed E-state index contributed by atoms with van der Waals surface area (Å²) in [6, 6.07) is 0. The van der Waals surface area contributed by atoms with Gasteiger partial charge in [-0.2, -0.15) is 0 Å². The highest BCUT2D eigenvalue weighted by atomic mass is 16.5. The Labute approximate surface area is 108 Å². The average Bonchev–Trinajstić information content (AvgIpc) is 2.84. The molecule has 6 nitrogen and oxygen atoms in total. The van der Waals surface area contributed by atoms with Crippen LogP contribution in [0.4, 0.5) is 0 Å². The number of ether oxygens (including phenoxy) is 1. The van der Waals surface area contributed by atoms with Crippen molar-refractivity contribution in [3.63, 3.8) is 0 Å². The topological polar surface area (TPSA) is 84.7 Å². The Morgan fingerprint density at radius 3 is 2.61 bits per heavy atom. The van der Waals surface area contributed by atoms with Crippen molar-refractivity contribution in [2.75, 3.05) is 26.2 Å². The first kappa shape index (κ1) is 14.9. The van der Waals surface area contributed by atoms with Crippen molar-refractivity contribution in [2.24, 2.45) is 5.73 Å². The standard InChI is InChI=1S/C12H23N3O3/c1-3-14-11(16)8-15(4-2)12(17)10-6-5-9(7-13)18-10/h9-10H,3-8,13H2,1-2H3,(H,14,16). The number of likely N-dealkylation sites (N-methyl/N-ethyl adjacent to an activating group) is 2. The third-order valence-electron chi connectivity index (χ3n) is 3.05. The molecule has 1 aliphatic rings. The zero-order chi connectivity index (χ0) is 13.5. The van der Waals surface area contributed by atoms with E-state index in [1.165, 1.54) is 4.90 Å². The van der Waals surface area contributed by atoms with Gasteiger partial charge in [-0.05, 0) is 26.7 Å². The van der Waals surface area contributed by atoms with E-state index in [9.17, 15) is 9.59 Å². The molecule has 0 aromatic heterocycles. The van der Waals surface area contributed by atoms with Crippen LogP contribution in [0.25, 0.3) is 0 Å². The van der Waals surface area contributed by atoms with E-state index in [2.05, 4.69) is 5.32 Å². The molecule has 1 heterocycles. The number of carbonyl (C=O) groups excluding carboxylic acids is 2. The fraction of sp³-hybridized carbons (Fsp3) is 0.833. The van der Waals surface area contributed by atoms with E-state index >= 15 is 0 Å². The Bertz CT molecular complexity index is 296. The van der Waals surface area contributed by atoms with Crippen molar-refractivity contribution in [3.8, 4) is 0 Å². The van der Waals surface area contributed by atoms with E-state index in [0.717, 1.165) is 6.42 Å². The zero-order valence-corrected chi connectivity index (χ0v) is 11.1. The normalized spacial score (nSPS) is 22.8. The molecular formula is C12H23N3O3. The number of rotatable bonds is 6. The highest BCUT2D eigenvalue weighted by Crippen LogP contribution is 2.20. The highest BCUT2D eigenvalue weighted by molar-refractivity contribution is 5.87. The molecule has 18 heavy (non-hydrogen) atoms. The van der Waals surface area contributed by atoms with Crippen molar-refractivity contribution in [1.82, 2.24) is 10.2 Å². The van der Waals surface area contributed by atoms with Gasteiger partial charge >= 0.3 is 0 Å². The molecule has 1 rings (SSSR count). The molecule has 1 saturated heterocycles. The van der Waals surface area contributed by atoms with Gasteiger partial charge in [-0.15, -0.1) is 0 Å². The molecular weight excluding hydrogens is 234 g/mol. The van der Waals surface area contributed by atoms with E-state index in [1.807, 2.05) is 13.8 Å². The first-order chi connectivity index (χ1) is 8.62. The second-order valence-corrected chi connectivity index (χ2v) is 4.37. The molecule has 0 aliphatic carbocycles. The van der Waals surface area contributed by atoms with Crippen molar-refractivity contribution in [1.29, 1.82) is 0 Å². The van der Waals surface area contributed by atoms with Crippen LogP contribution in [0.3, 0.4) is 0 Å². The molecule has 0 bridgehead atoms. The van der Waals surface area contributed by atoms with Crippen LogP contribution in [0, 0.1) is 0 Å². The molecule has 0 spiro atoms. The maximum Gasteiger partial charge on any atom is 0.252 e. The van der Waals surface area contributed by atoms with Crippen LogP contribution >= 0.6 is 0 Å². The first-order valence-electron chi connectivity index (χ1n) is 6.53. The Hall–Kier alpha value is -1.14. The summed E-state index contributed by atoms with van der Waals surface area (Å²) in [6.07, 6.45) is 1.04. The maximum atomic E-state index is 12.2. The molecule has 0 aromatic carbocycles. The van der Waals surface area contributed by atoms with Gasteiger partial charge < -0.3 is 20.7 Å². The predicted molar refractivity (Wildman–Crippen MR) is 67.9 cm³/mol. The van der Waals surface area contributed by atoms with Gasteiger partial charge in [0.25, 0.3) is 5.91 Å². The Balaban J connectivity index is 2.49. The van der Waals surface area contributed by atoms with Crippen LogP contribution < -0.4 is 11.1 Å². The number of nitrogens with zero attached hydrogens (tertiary/aromatic N) is 1. The number of nitrogens with one attached hydrogen (secondary N) is 1. The number of nitrogens with two attached hydrogens (primary N) is 1. The average molecular weight is 257 g/mol. The van der Waals surface area contributed by atoms with Gasteiger partial charge in [0.15, 0.2) is 0 Å². The molecule has 6 heteroatoms. The smallest absolute Gasteiger partial charge is 0.252 e. The van der Waals surface area contributed by atoms with Crippen LogP contribution in [0.2, 0.25) is 0 Å². The first-order valence-corrected chi connectivity index (χ1v) is 6.53. The van der Waals surface area contributed by atoms with Crippen LogP contribution in [0.5, 0.6) is 0 Å². The summed E-state index contributed by atoms with van der Waals surface area (Å²) in [6.45, 7) is 5.31. The van der Waals surface area contributed by atoms with Gasteiger partial charge in [0.05, 0.1) is 12.6 Å². The SMILES string of the molecule is CCNC(=O)CN(CC)C(=O)C1CCC(CN)O1. The van der Waals surface area contributed by atoms with Gasteiger partial charge in [0.1, 0.15) is 6.10 Å². The van der Waals surface area contributed by atoms with E-state index in [4.69, 9.17) is 10.5 Å². The van der Waals surface area contributed by atoms with Crippen LogP contribution in [0.15, 0.2) is 0 Å². The molecule has 3 N–H and O–H groups in total. The number of hydrogen-bond acceptors (Lipinski definition) is 4. The lowest BCUT2D eigenvalue weighted by atomic mass is 10.2. The van der Waals surface area contributed by atoms with E-state index < -0.39 is 6.10 Å². The van der Waals surface area contributed by atoms with Crippen LogP contribution in [-0.2, 0) is 14.3 Å². The second-order valence-electron chi connectivity index (χ2n) is 4.37. The van der Waals surface area contributed by atoms with E-state index in [0.29, 0.717) is 26.1 Å². The Morgan fingerprint density at radius 1 is 1.39 bits per heavy atom. The number of carbonyl (C=O) groups is 2. The van der Waals surface area contributed by atoms with E-state index in [-0.39, 0.29) is 24.5 Å². The van der Waals surface area contributed by atoms with Crippen molar-refractivity contribution >= 4 is 11.8 Å². The predicted octanol–water partition coefficient (Wildman–Crippen LogP) is -0.523. The molecule has 104 valence electrons. The molecule has 0 radical (unpaired) electrons. The third kappa shape index (κ3) is 3.96. The quantitative estimate of drug-likeness (QED) is 0.670. The number of amides is 2. The summed E-state index contributed by atoms with van der Waals surface area (Å²) in [5.74, 6) is -0.249. The second kappa shape index (κ2) is 7.33. The minimum atomic E-state index is -0.437. The molecule has 0 saturated carbocycles. The molecule has 2 unspecified atom stereocenters. The van der Waals surface area contributed by atoms with Crippen molar-refractivity contribution in [2.45, 2.75) is 38.9 Å². The lowest BCUT2D eigenvalue weighted by molar-refractivity contribution is -0.145. The summed E-state index contributed by atoms with van der Waals surface area (Å²) in [5.41, 5.74) is 5.51. The Morgan fingerprint density at radius 2 is 2.11 bits per heavy atom. The molecule has 2 amide bonds. The Kier molecular flexibility index (Phi) is 6.07. The summed E-state index contributed by atoms with van der Waals surface area (Å²) in [7, 11) is 0. The lowest BCUT2D eigenvalue weighted by Gasteiger charge is -2.23. The monoisotopic (exact) mass is 257 g/mol. The maximum absolute atomic E-state index is 12.2. The van der Waals surface area contributed by atoms with Gasteiger partial charge in [-0.25, -0.2) is 0 Å².